The maximum absolute atomic E-state index is 12.7. The second-order valence-electron chi connectivity index (χ2n) is 6.56. The monoisotopic (exact) mass is 466 g/mol. The Morgan fingerprint density at radius 2 is 1.50 bits per heavy atom. The second-order valence-corrected chi connectivity index (χ2v) is 6.56. The molecule has 0 aliphatic carbocycles. The lowest BCUT2D eigenvalue weighted by Crippen LogP contribution is -2.25. The van der Waals surface area contributed by atoms with E-state index in [1.54, 1.807) is 18.2 Å². The molecule has 1 heterocycles. The molecule has 140 valence electrons. The Morgan fingerprint density at radius 1 is 0.923 bits per heavy atom. The van der Waals surface area contributed by atoms with E-state index in [1.807, 2.05) is 18.2 Å². The summed E-state index contributed by atoms with van der Waals surface area (Å²) in [5, 5.41) is 1.19. The number of fused-ring (bicyclic) bond motifs is 2. The molecule has 26 heavy (non-hydrogen) atoms. The molecule has 0 saturated carbocycles. The normalized spacial score (nSPS) is 10.8. The molecule has 0 aliphatic rings. The fourth-order valence-electron chi connectivity index (χ4n) is 3.12. The molecular formula is C21H27IN2O2. The minimum atomic E-state index is -0.00327. The zero-order chi connectivity index (χ0) is 17.8. The number of hydrogen-bond acceptors (Lipinski definition) is 4. The Morgan fingerprint density at radius 3 is 2.12 bits per heavy atom. The Hall–Kier alpha value is -1.76. The average Bonchev–Trinajstić information content (AvgIpc) is 2.61. The quantitative estimate of drug-likeness (QED) is 0.282. The highest BCUT2D eigenvalue weighted by atomic mass is 127. The van der Waals surface area contributed by atoms with E-state index in [1.165, 1.54) is 0 Å². The SMILES string of the molecule is CCCCN(CCCC)c1ccc2c(=O)c3ccc(N)cc3oc2c1.I. The van der Waals surface area contributed by atoms with Crippen LogP contribution in [0.2, 0.25) is 0 Å². The van der Waals surface area contributed by atoms with Crippen LogP contribution in [0.3, 0.4) is 0 Å². The third kappa shape index (κ3) is 4.31. The van der Waals surface area contributed by atoms with Gasteiger partial charge < -0.3 is 15.1 Å². The van der Waals surface area contributed by atoms with Gasteiger partial charge in [-0.05, 0) is 37.1 Å². The number of rotatable bonds is 7. The Kier molecular flexibility index (Phi) is 7.32. The van der Waals surface area contributed by atoms with Crippen LogP contribution in [0.5, 0.6) is 0 Å². The summed E-state index contributed by atoms with van der Waals surface area (Å²) in [5.74, 6) is 0. The van der Waals surface area contributed by atoms with Crippen molar-refractivity contribution in [1.29, 1.82) is 0 Å². The molecule has 0 unspecified atom stereocenters. The summed E-state index contributed by atoms with van der Waals surface area (Å²) in [6.07, 6.45) is 4.63. The number of halogens is 1. The van der Waals surface area contributed by atoms with Gasteiger partial charge in [-0.2, -0.15) is 0 Å². The van der Waals surface area contributed by atoms with Crippen molar-refractivity contribution in [1.82, 2.24) is 0 Å². The van der Waals surface area contributed by atoms with E-state index in [2.05, 4.69) is 18.7 Å². The molecule has 0 fully saturated rings. The van der Waals surface area contributed by atoms with Gasteiger partial charge in [-0.3, -0.25) is 4.79 Å². The summed E-state index contributed by atoms with van der Waals surface area (Å²) in [5.41, 5.74) is 8.71. The molecule has 5 heteroatoms. The van der Waals surface area contributed by atoms with Crippen LogP contribution >= 0.6 is 24.0 Å². The number of nitrogens with zero attached hydrogens (tertiary/aromatic N) is 1. The van der Waals surface area contributed by atoms with Gasteiger partial charge in [0.1, 0.15) is 11.2 Å². The first-order valence-electron chi connectivity index (χ1n) is 9.15. The molecule has 4 nitrogen and oxygen atoms in total. The van der Waals surface area contributed by atoms with Crippen LogP contribution in [0.15, 0.2) is 45.6 Å². The lowest BCUT2D eigenvalue weighted by atomic mass is 10.1. The fourth-order valence-corrected chi connectivity index (χ4v) is 3.12. The predicted molar refractivity (Wildman–Crippen MR) is 122 cm³/mol. The fraction of sp³-hybridized carbons (Fsp3) is 0.381. The Labute approximate surface area is 171 Å². The number of unbranched alkanes of at least 4 members (excludes halogenated alkanes) is 2. The first-order chi connectivity index (χ1) is 12.1. The van der Waals surface area contributed by atoms with Gasteiger partial charge in [0, 0.05) is 36.6 Å². The summed E-state index contributed by atoms with van der Waals surface area (Å²) in [4.78, 5) is 15.1. The molecule has 0 bridgehead atoms. The van der Waals surface area contributed by atoms with E-state index in [0.717, 1.165) is 44.5 Å². The zero-order valence-electron chi connectivity index (χ0n) is 15.5. The number of benzene rings is 2. The summed E-state index contributed by atoms with van der Waals surface area (Å²) in [6, 6.07) is 11.1. The summed E-state index contributed by atoms with van der Waals surface area (Å²) < 4.78 is 6.00. The van der Waals surface area contributed by atoms with Crippen LogP contribution in [0.4, 0.5) is 11.4 Å². The van der Waals surface area contributed by atoms with Crippen molar-refractivity contribution < 1.29 is 4.42 Å². The van der Waals surface area contributed by atoms with E-state index in [9.17, 15) is 4.79 Å². The number of hydrogen-bond donors (Lipinski definition) is 1. The van der Waals surface area contributed by atoms with Crippen molar-refractivity contribution >= 4 is 57.3 Å². The molecule has 0 amide bonds. The molecule has 0 atom stereocenters. The lowest BCUT2D eigenvalue weighted by Gasteiger charge is -2.24. The van der Waals surface area contributed by atoms with Gasteiger partial charge in [-0.1, -0.05) is 26.7 Å². The number of nitrogen functional groups attached to an aromatic ring is 1. The molecule has 3 aromatic rings. The van der Waals surface area contributed by atoms with Crippen LogP contribution in [0.1, 0.15) is 39.5 Å². The Bertz CT molecular complexity index is 928. The van der Waals surface area contributed by atoms with E-state index < -0.39 is 0 Å². The molecule has 3 rings (SSSR count). The van der Waals surface area contributed by atoms with Crippen LogP contribution in [0.25, 0.3) is 21.9 Å². The topological polar surface area (TPSA) is 59.5 Å². The van der Waals surface area contributed by atoms with E-state index in [-0.39, 0.29) is 29.4 Å². The van der Waals surface area contributed by atoms with Crippen molar-refractivity contribution in [3.8, 4) is 0 Å². The molecule has 1 aromatic heterocycles. The van der Waals surface area contributed by atoms with Gasteiger partial charge in [-0.15, -0.1) is 24.0 Å². The van der Waals surface area contributed by atoms with E-state index >= 15 is 0 Å². The van der Waals surface area contributed by atoms with E-state index in [0.29, 0.717) is 27.6 Å². The highest BCUT2D eigenvalue weighted by Crippen LogP contribution is 2.25. The Balaban J connectivity index is 0.00000243. The predicted octanol–water partition coefficient (Wildman–Crippen LogP) is 5.55. The van der Waals surface area contributed by atoms with Crippen LogP contribution in [-0.4, -0.2) is 13.1 Å². The number of nitrogens with two attached hydrogens (primary N) is 1. The first-order valence-corrected chi connectivity index (χ1v) is 9.15. The van der Waals surface area contributed by atoms with Crippen molar-refractivity contribution in [2.24, 2.45) is 0 Å². The van der Waals surface area contributed by atoms with Gasteiger partial charge in [0.2, 0.25) is 5.43 Å². The molecule has 2 N–H and O–H groups in total. The summed E-state index contributed by atoms with van der Waals surface area (Å²) >= 11 is 0. The summed E-state index contributed by atoms with van der Waals surface area (Å²) in [6.45, 7) is 6.45. The van der Waals surface area contributed by atoms with Crippen molar-refractivity contribution in [2.75, 3.05) is 23.7 Å². The smallest absolute Gasteiger partial charge is 0.200 e. The van der Waals surface area contributed by atoms with Gasteiger partial charge >= 0.3 is 0 Å². The van der Waals surface area contributed by atoms with Crippen LogP contribution in [-0.2, 0) is 0 Å². The van der Waals surface area contributed by atoms with Gasteiger partial charge in [0.15, 0.2) is 0 Å². The minimum absolute atomic E-state index is 0. The highest BCUT2D eigenvalue weighted by molar-refractivity contribution is 14.0. The van der Waals surface area contributed by atoms with E-state index in [4.69, 9.17) is 10.2 Å². The molecule has 0 spiro atoms. The molecule has 0 aliphatic heterocycles. The first kappa shape index (κ1) is 20.6. The average molecular weight is 466 g/mol. The molecular weight excluding hydrogens is 439 g/mol. The summed E-state index contributed by atoms with van der Waals surface area (Å²) in [7, 11) is 0. The largest absolute Gasteiger partial charge is 0.456 e. The standard InChI is InChI=1S/C21H26N2O2.HI/c1-3-5-11-23(12-6-4-2)16-8-10-18-20(14-16)25-19-13-15(22)7-9-17(19)21(18)24;/h7-10,13-14H,3-6,11-12,22H2,1-2H3;1H. The third-order valence-electron chi connectivity index (χ3n) is 4.61. The molecule has 2 aromatic carbocycles. The van der Waals surface area contributed by atoms with Crippen molar-refractivity contribution in [3.05, 3.63) is 46.6 Å². The van der Waals surface area contributed by atoms with Gasteiger partial charge in [0.05, 0.1) is 10.8 Å². The van der Waals surface area contributed by atoms with Crippen molar-refractivity contribution in [3.63, 3.8) is 0 Å². The highest BCUT2D eigenvalue weighted by Gasteiger charge is 2.11. The second kappa shape index (κ2) is 9.26. The molecule has 0 saturated heterocycles. The van der Waals surface area contributed by atoms with Crippen molar-refractivity contribution in [2.45, 2.75) is 39.5 Å². The van der Waals surface area contributed by atoms with Crippen LogP contribution < -0.4 is 16.1 Å². The number of anilines is 2. The molecule has 0 radical (unpaired) electrons. The maximum Gasteiger partial charge on any atom is 0.200 e. The van der Waals surface area contributed by atoms with Crippen LogP contribution in [0, 0.1) is 0 Å². The minimum Gasteiger partial charge on any atom is -0.456 e. The van der Waals surface area contributed by atoms with Gasteiger partial charge in [0.25, 0.3) is 0 Å². The zero-order valence-corrected chi connectivity index (χ0v) is 17.8. The lowest BCUT2D eigenvalue weighted by molar-refractivity contribution is 0.656. The maximum atomic E-state index is 12.7. The third-order valence-corrected chi connectivity index (χ3v) is 4.61. The van der Waals surface area contributed by atoms with Gasteiger partial charge in [-0.25, -0.2) is 0 Å².